The summed E-state index contributed by atoms with van der Waals surface area (Å²) in [6.07, 6.45) is 3.42. The Balaban J connectivity index is 2.94. The number of hydrogen-bond donors (Lipinski definition) is 0. The molecule has 0 aromatic rings. The molecule has 0 radical (unpaired) electrons. The summed E-state index contributed by atoms with van der Waals surface area (Å²) in [6, 6.07) is 0. The van der Waals surface area contributed by atoms with Crippen molar-refractivity contribution in [2.45, 2.75) is 26.2 Å². The first-order valence-corrected chi connectivity index (χ1v) is 3.96. The number of nitrogens with zero attached hydrogens (tertiary/aromatic N) is 2. The Morgan fingerprint density at radius 2 is 2.09 bits per heavy atom. The van der Waals surface area contributed by atoms with Gasteiger partial charge in [0, 0.05) is 5.92 Å². The molecule has 60 valence electrons. The number of aliphatic imine (C=N–C) groups is 2. The molecule has 1 aliphatic carbocycles. The zero-order valence-electron chi connectivity index (χ0n) is 7.01. The normalized spacial score (nSPS) is 25.0. The third-order valence-corrected chi connectivity index (χ3v) is 2.17. The molecule has 2 nitrogen and oxygen atoms in total. The van der Waals surface area contributed by atoms with Crippen molar-refractivity contribution in [3.8, 4) is 0 Å². The molecule has 0 bridgehead atoms. The quantitative estimate of drug-likeness (QED) is 0.540. The van der Waals surface area contributed by atoms with Gasteiger partial charge >= 0.3 is 0 Å². The van der Waals surface area contributed by atoms with E-state index in [1.807, 2.05) is 0 Å². The highest BCUT2D eigenvalue weighted by Gasteiger charge is 2.17. The molecule has 0 aromatic heterocycles. The Bertz CT molecular complexity index is 204. The summed E-state index contributed by atoms with van der Waals surface area (Å²) in [6.45, 7) is 9.22. The van der Waals surface area contributed by atoms with Crippen molar-refractivity contribution in [3.05, 3.63) is 11.4 Å². The van der Waals surface area contributed by atoms with Crippen LogP contribution >= 0.6 is 0 Å². The lowest BCUT2D eigenvalue weighted by Gasteiger charge is -2.19. The van der Waals surface area contributed by atoms with Gasteiger partial charge in [0.1, 0.15) is 0 Å². The maximum Gasteiger partial charge on any atom is 0.0638 e. The van der Waals surface area contributed by atoms with Gasteiger partial charge in [0.25, 0.3) is 0 Å². The third-order valence-electron chi connectivity index (χ3n) is 2.17. The van der Waals surface area contributed by atoms with Crippen LogP contribution in [-0.2, 0) is 0 Å². The van der Waals surface area contributed by atoms with Gasteiger partial charge in [-0.25, -0.2) is 0 Å². The molecule has 0 fully saturated rings. The topological polar surface area (TPSA) is 24.7 Å². The lowest BCUT2D eigenvalue weighted by Crippen LogP contribution is -2.06. The second kappa shape index (κ2) is 3.46. The summed E-state index contributed by atoms with van der Waals surface area (Å²) >= 11 is 0. The van der Waals surface area contributed by atoms with Gasteiger partial charge in [-0.15, -0.1) is 0 Å². The second-order valence-electron chi connectivity index (χ2n) is 2.94. The highest BCUT2D eigenvalue weighted by molar-refractivity contribution is 5.36. The number of hydrogen-bond acceptors (Lipinski definition) is 2. The fraction of sp³-hybridized carbons (Fsp3) is 0.556. The molecule has 1 rings (SSSR count). The number of allylic oxidation sites excluding steroid dienone is 2. The van der Waals surface area contributed by atoms with E-state index in [2.05, 4.69) is 30.3 Å². The van der Waals surface area contributed by atoms with E-state index < -0.39 is 0 Å². The molecule has 0 heterocycles. The summed E-state index contributed by atoms with van der Waals surface area (Å²) in [7, 11) is 0. The summed E-state index contributed by atoms with van der Waals surface area (Å²) in [4.78, 5) is 7.92. The zero-order chi connectivity index (χ0) is 8.27. The molecule has 11 heavy (non-hydrogen) atoms. The van der Waals surface area contributed by atoms with Gasteiger partial charge in [-0.3, -0.25) is 9.98 Å². The van der Waals surface area contributed by atoms with Crippen molar-refractivity contribution in [2.75, 3.05) is 0 Å². The van der Waals surface area contributed by atoms with E-state index in [-0.39, 0.29) is 0 Å². The van der Waals surface area contributed by atoms with Crippen LogP contribution in [0.4, 0.5) is 0 Å². The Morgan fingerprint density at radius 3 is 2.55 bits per heavy atom. The molecule has 0 aliphatic heterocycles. The molecule has 1 aliphatic rings. The highest BCUT2D eigenvalue weighted by Crippen LogP contribution is 2.30. The molecule has 0 spiro atoms. The van der Waals surface area contributed by atoms with Gasteiger partial charge in [0.05, 0.1) is 11.4 Å². The Kier molecular flexibility index (Phi) is 2.58. The molecule has 0 N–H and O–H groups in total. The van der Waals surface area contributed by atoms with E-state index in [9.17, 15) is 0 Å². The molecular formula is C9H14N2. The molecule has 1 atom stereocenters. The van der Waals surface area contributed by atoms with Crippen LogP contribution in [0.15, 0.2) is 21.4 Å². The van der Waals surface area contributed by atoms with Gasteiger partial charge in [-0.2, -0.15) is 0 Å². The van der Waals surface area contributed by atoms with Gasteiger partial charge in [0.2, 0.25) is 0 Å². The van der Waals surface area contributed by atoms with Crippen LogP contribution in [-0.4, -0.2) is 13.4 Å². The maximum absolute atomic E-state index is 3.98. The van der Waals surface area contributed by atoms with E-state index in [0.29, 0.717) is 5.92 Å². The van der Waals surface area contributed by atoms with Crippen LogP contribution in [0.2, 0.25) is 0 Å². The Hall–Kier alpha value is -0.920. The highest BCUT2D eigenvalue weighted by atomic mass is 14.8. The third kappa shape index (κ3) is 1.56. The molecule has 0 amide bonds. The van der Waals surface area contributed by atoms with E-state index in [4.69, 9.17) is 0 Å². The summed E-state index contributed by atoms with van der Waals surface area (Å²) in [5.41, 5.74) is 2.09. The van der Waals surface area contributed by atoms with Gasteiger partial charge in [-0.05, 0) is 32.7 Å². The fourth-order valence-corrected chi connectivity index (χ4v) is 1.53. The van der Waals surface area contributed by atoms with Gasteiger partial charge in [-0.1, -0.05) is 6.92 Å². The lowest BCUT2D eigenvalue weighted by atomic mass is 9.92. The van der Waals surface area contributed by atoms with Crippen LogP contribution in [0.5, 0.6) is 0 Å². The van der Waals surface area contributed by atoms with E-state index in [1.165, 1.54) is 12.8 Å². The standard InChI is InChI=1S/C9H14N2/c1-7-5-4-6-8(10-2)9(7)11-3/h7H,2-6H2,1H3. The predicted octanol–water partition coefficient (Wildman–Crippen LogP) is 2.42. The van der Waals surface area contributed by atoms with E-state index in [0.717, 1.165) is 17.8 Å². The van der Waals surface area contributed by atoms with Crippen molar-refractivity contribution < 1.29 is 0 Å². The zero-order valence-corrected chi connectivity index (χ0v) is 7.01. The van der Waals surface area contributed by atoms with Crippen LogP contribution < -0.4 is 0 Å². The molecule has 0 saturated carbocycles. The van der Waals surface area contributed by atoms with Gasteiger partial charge < -0.3 is 0 Å². The van der Waals surface area contributed by atoms with Crippen molar-refractivity contribution >= 4 is 13.4 Å². The van der Waals surface area contributed by atoms with Crippen LogP contribution in [0.3, 0.4) is 0 Å². The summed E-state index contributed by atoms with van der Waals surface area (Å²) in [5.74, 6) is 0.516. The van der Waals surface area contributed by atoms with Crippen LogP contribution in [0.25, 0.3) is 0 Å². The fourth-order valence-electron chi connectivity index (χ4n) is 1.53. The Morgan fingerprint density at radius 1 is 1.36 bits per heavy atom. The molecule has 0 aromatic carbocycles. The minimum absolute atomic E-state index is 0.516. The van der Waals surface area contributed by atoms with Crippen molar-refractivity contribution in [1.29, 1.82) is 0 Å². The minimum Gasteiger partial charge on any atom is -0.267 e. The monoisotopic (exact) mass is 150 g/mol. The average molecular weight is 150 g/mol. The molecule has 1 unspecified atom stereocenters. The van der Waals surface area contributed by atoms with Crippen molar-refractivity contribution in [1.82, 2.24) is 0 Å². The largest absolute Gasteiger partial charge is 0.267 e. The Labute approximate surface area is 67.8 Å². The smallest absolute Gasteiger partial charge is 0.0638 e. The molecule has 2 heteroatoms. The van der Waals surface area contributed by atoms with E-state index >= 15 is 0 Å². The van der Waals surface area contributed by atoms with E-state index in [1.54, 1.807) is 0 Å². The van der Waals surface area contributed by atoms with Crippen molar-refractivity contribution in [3.63, 3.8) is 0 Å². The maximum atomic E-state index is 3.98. The SMILES string of the molecule is C=NC1=C(N=C)C(C)CCC1. The molecule has 0 saturated heterocycles. The first-order valence-electron chi connectivity index (χ1n) is 3.96. The predicted molar refractivity (Wildman–Crippen MR) is 49.1 cm³/mol. The van der Waals surface area contributed by atoms with Gasteiger partial charge in [0.15, 0.2) is 0 Å². The summed E-state index contributed by atoms with van der Waals surface area (Å²) in [5, 5.41) is 0. The van der Waals surface area contributed by atoms with Crippen LogP contribution in [0.1, 0.15) is 26.2 Å². The van der Waals surface area contributed by atoms with Crippen molar-refractivity contribution in [2.24, 2.45) is 15.9 Å². The first-order chi connectivity index (χ1) is 5.29. The lowest BCUT2D eigenvalue weighted by molar-refractivity contribution is 0.529. The first kappa shape index (κ1) is 8.18. The number of rotatable bonds is 2. The average Bonchev–Trinajstić information content (AvgIpc) is 2.04. The molecular weight excluding hydrogens is 136 g/mol. The summed E-state index contributed by atoms with van der Waals surface area (Å²) < 4.78 is 0. The van der Waals surface area contributed by atoms with Crippen LogP contribution in [0, 0.1) is 5.92 Å². The minimum atomic E-state index is 0.516. The second-order valence-corrected chi connectivity index (χ2v) is 2.94.